The van der Waals surface area contributed by atoms with Gasteiger partial charge in [-0.2, -0.15) is 0 Å². The molecule has 1 heterocycles. The second kappa shape index (κ2) is 5.33. The molecule has 1 unspecified atom stereocenters. The fraction of sp³-hybridized carbons (Fsp3) is 0.250. The molecule has 2 rings (SSSR count). The maximum Gasteiger partial charge on any atom is 0.126 e. The lowest BCUT2D eigenvalue weighted by atomic mass is 10.0. The number of halogens is 2. The molecule has 0 bridgehead atoms. The normalized spacial score (nSPS) is 12.6. The highest BCUT2D eigenvalue weighted by atomic mass is 32.1. The van der Waals surface area contributed by atoms with Gasteiger partial charge in [-0.1, -0.05) is 0 Å². The van der Waals surface area contributed by atoms with Crippen LogP contribution in [0.1, 0.15) is 10.6 Å². The second-order valence-electron chi connectivity index (χ2n) is 3.87. The highest BCUT2D eigenvalue weighted by Crippen LogP contribution is 2.12. The molecule has 1 atom stereocenters. The minimum atomic E-state index is -0.568. The van der Waals surface area contributed by atoms with Crippen molar-refractivity contribution in [1.29, 1.82) is 0 Å². The predicted molar refractivity (Wildman–Crippen MR) is 63.9 cm³/mol. The van der Waals surface area contributed by atoms with Gasteiger partial charge in [-0.15, -0.1) is 11.3 Å². The van der Waals surface area contributed by atoms with Crippen LogP contribution in [0.5, 0.6) is 0 Å². The Bertz CT molecular complexity index is 465. The van der Waals surface area contributed by atoms with Gasteiger partial charge in [-0.3, -0.25) is 0 Å². The molecule has 0 saturated heterocycles. The highest BCUT2D eigenvalue weighted by Gasteiger charge is 2.09. The first-order valence-corrected chi connectivity index (χ1v) is 6.10. The van der Waals surface area contributed by atoms with Gasteiger partial charge >= 0.3 is 0 Å². The predicted octanol–water partition coefficient (Wildman–Crippen LogP) is 2.53. The Morgan fingerprint density at radius 1 is 1.18 bits per heavy atom. The van der Waals surface area contributed by atoms with Crippen molar-refractivity contribution in [3.05, 3.63) is 52.0 Å². The van der Waals surface area contributed by atoms with Crippen LogP contribution in [0, 0.1) is 11.6 Å². The molecule has 2 aromatic rings. The molecule has 2 N–H and O–H groups in total. The van der Waals surface area contributed by atoms with Crippen LogP contribution in [-0.2, 0) is 12.8 Å². The molecule has 0 aliphatic rings. The van der Waals surface area contributed by atoms with E-state index in [1.807, 2.05) is 5.38 Å². The third kappa shape index (κ3) is 3.57. The van der Waals surface area contributed by atoms with E-state index in [-0.39, 0.29) is 6.04 Å². The van der Waals surface area contributed by atoms with Crippen LogP contribution in [0.2, 0.25) is 0 Å². The van der Waals surface area contributed by atoms with Gasteiger partial charge in [0.25, 0.3) is 0 Å². The van der Waals surface area contributed by atoms with Gasteiger partial charge in [0.05, 0.1) is 5.01 Å². The maximum absolute atomic E-state index is 13.0. The molecule has 5 heteroatoms. The fourth-order valence-electron chi connectivity index (χ4n) is 1.68. The van der Waals surface area contributed by atoms with Crippen molar-refractivity contribution in [3.63, 3.8) is 0 Å². The molecule has 2 nitrogen and oxygen atoms in total. The fourth-order valence-corrected chi connectivity index (χ4v) is 2.39. The summed E-state index contributed by atoms with van der Waals surface area (Å²) >= 11 is 1.53. The molecule has 0 aliphatic carbocycles. The number of rotatable bonds is 4. The van der Waals surface area contributed by atoms with Crippen LogP contribution in [-0.4, -0.2) is 11.0 Å². The van der Waals surface area contributed by atoms with Gasteiger partial charge in [0, 0.05) is 30.1 Å². The quantitative estimate of drug-likeness (QED) is 0.910. The summed E-state index contributed by atoms with van der Waals surface area (Å²) in [6.45, 7) is 0. The Morgan fingerprint density at radius 3 is 2.47 bits per heavy atom. The van der Waals surface area contributed by atoms with Crippen LogP contribution < -0.4 is 5.73 Å². The van der Waals surface area contributed by atoms with Gasteiger partial charge in [0.1, 0.15) is 11.6 Å². The Balaban J connectivity index is 2.00. The van der Waals surface area contributed by atoms with Crippen LogP contribution in [0.3, 0.4) is 0 Å². The van der Waals surface area contributed by atoms with Gasteiger partial charge in [-0.05, 0) is 24.1 Å². The molecular weight excluding hydrogens is 242 g/mol. The third-order valence-electron chi connectivity index (χ3n) is 2.34. The molecule has 0 radical (unpaired) electrons. The number of hydrogen-bond donors (Lipinski definition) is 1. The molecular formula is C12H12F2N2S. The minimum Gasteiger partial charge on any atom is -0.327 e. The van der Waals surface area contributed by atoms with Crippen molar-refractivity contribution in [2.75, 3.05) is 0 Å². The van der Waals surface area contributed by atoms with Crippen molar-refractivity contribution in [2.45, 2.75) is 18.9 Å². The average Bonchev–Trinajstić information content (AvgIpc) is 2.67. The van der Waals surface area contributed by atoms with E-state index >= 15 is 0 Å². The summed E-state index contributed by atoms with van der Waals surface area (Å²) in [5.41, 5.74) is 6.49. The van der Waals surface area contributed by atoms with Gasteiger partial charge in [0.15, 0.2) is 0 Å². The molecule has 1 aromatic heterocycles. The van der Waals surface area contributed by atoms with E-state index < -0.39 is 11.6 Å². The van der Waals surface area contributed by atoms with Gasteiger partial charge in [0.2, 0.25) is 0 Å². The van der Waals surface area contributed by atoms with Gasteiger partial charge < -0.3 is 5.73 Å². The molecule has 17 heavy (non-hydrogen) atoms. The highest BCUT2D eigenvalue weighted by molar-refractivity contribution is 7.09. The molecule has 0 spiro atoms. The van der Waals surface area contributed by atoms with E-state index in [2.05, 4.69) is 4.98 Å². The molecule has 0 aliphatic heterocycles. The molecule has 0 amide bonds. The van der Waals surface area contributed by atoms with Crippen LogP contribution in [0.15, 0.2) is 29.8 Å². The summed E-state index contributed by atoms with van der Waals surface area (Å²) in [5.74, 6) is -1.14. The van der Waals surface area contributed by atoms with Crippen molar-refractivity contribution < 1.29 is 8.78 Å². The molecule has 1 aromatic carbocycles. The number of aromatic nitrogens is 1. The topological polar surface area (TPSA) is 38.9 Å². The standard InChI is InChI=1S/C12H12F2N2S/c13-9-3-8(4-10(14)6-9)5-11(15)7-12-16-1-2-17-12/h1-4,6,11H,5,7,15H2. The lowest BCUT2D eigenvalue weighted by Crippen LogP contribution is -2.25. The summed E-state index contributed by atoms with van der Waals surface area (Å²) < 4.78 is 25.9. The van der Waals surface area contributed by atoms with E-state index in [1.165, 1.54) is 23.5 Å². The first-order valence-electron chi connectivity index (χ1n) is 5.22. The zero-order valence-corrected chi connectivity index (χ0v) is 9.88. The smallest absolute Gasteiger partial charge is 0.126 e. The van der Waals surface area contributed by atoms with Crippen LogP contribution in [0.25, 0.3) is 0 Å². The summed E-state index contributed by atoms with van der Waals surface area (Å²) in [5, 5.41) is 2.82. The van der Waals surface area contributed by atoms with E-state index in [9.17, 15) is 8.78 Å². The van der Waals surface area contributed by atoms with E-state index in [4.69, 9.17) is 5.73 Å². The number of thiazole rings is 1. The molecule has 0 saturated carbocycles. The lowest BCUT2D eigenvalue weighted by molar-refractivity contribution is 0.574. The number of hydrogen-bond acceptors (Lipinski definition) is 3. The third-order valence-corrected chi connectivity index (χ3v) is 3.14. The second-order valence-corrected chi connectivity index (χ2v) is 4.85. The SMILES string of the molecule is NC(Cc1cc(F)cc(F)c1)Cc1nccs1. The van der Waals surface area contributed by atoms with E-state index in [0.717, 1.165) is 11.1 Å². The number of nitrogens with two attached hydrogens (primary N) is 1. The Kier molecular flexibility index (Phi) is 3.81. The zero-order valence-electron chi connectivity index (χ0n) is 9.07. The first-order chi connectivity index (χ1) is 8.13. The van der Waals surface area contributed by atoms with Crippen LogP contribution in [0.4, 0.5) is 8.78 Å². The van der Waals surface area contributed by atoms with Crippen molar-refractivity contribution in [3.8, 4) is 0 Å². The van der Waals surface area contributed by atoms with E-state index in [0.29, 0.717) is 18.4 Å². The Labute approximate surface area is 102 Å². The first kappa shape index (κ1) is 12.1. The summed E-state index contributed by atoms with van der Waals surface area (Å²) in [6.07, 6.45) is 2.78. The number of benzene rings is 1. The lowest BCUT2D eigenvalue weighted by Gasteiger charge is -2.10. The van der Waals surface area contributed by atoms with Crippen molar-refractivity contribution in [1.82, 2.24) is 4.98 Å². The van der Waals surface area contributed by atoms with Crippen molar-refractivity contribution >= 4 is 11.3 Å². The van der Waals surface area contributed by atoms with Crippen LogP contribution >= 0.6 is 11.3 Å². The zero-order chi connectivity index (χ0) is 12.3. The largest absolute Gasteiger partial charge is 0.327 e. The monoisotopic (exact) mass is 254 g/mol. The van der Waals surface area contributed by atoms with Gasteiger partial charge in [-0.25, -0.2) is 13.8 Å². The van der Waals surface area contributed by atoms with Crippen molar-refractivity contribution in [2.24, 2.45) is 5.73 Å². The van der Waals surface area contributed by atoms with E-state index in [1.54, 1.807) is 6.20 Å². The molecule has 0 fully saturated rings. The summed E-state index contributed by atoms with van der Waals surface area (Å²) in [6, 6.07) is 3.30. The number of nitrogens with zero attached hydrogens (tertiary/aromatic N) is 1. The summed E-state index contributed by atoms with van der Waals surface area (Å²) in [4.78, 5) is 4.12. The minimum absolute atomic E-state index is 0.178. The summed E-state index contributed by atoms with van der Waals surface area (Å²) in [7, 11) is 0. The maximum atomic E-state index is 13.0. The molecule has 90 valence electrons. The average molecular weight is 254 g/mol. The Hall–Kier alpha value is -1.33. The Morgan fingerprint density at radius 2 is 1.88 bits per heavy atom.